The van der Waals surface area contributed by atoms with Crippen molar-refractivity contribution in [3.63, 3.8) is 0 Å². The van der Waals surface area contributed by atoms with E-state index in [1.807, 2.05) is 6.07 Å². The molecular weight excluding hydrogens is 386 g/mol. The Hall–Kier alpha value is -3.93. The van der Waals surface area contributed by atoms with Crippen molar-refractivity contribution in [2.75, 3.05) is 0 Å². The van der Waals surface area contributed by atoms with Gasteiger partial charge in [-0.15, -0.1) is 0 Å². The number of urea groups is 1. The number of aryl methyl sites for hydroxylation is 1. The highest BCUT2D eigenvalue weighted by Gasteiger charge is 2.49. The van der Waals surface area contributed by atoms with E-state index in [9.17, 15) is 19.2 Å². The van der Waals surface area contributed by atoms with Crippen molar-refractivity contribution in [3.8, 4) is 6.07 Å². The van der Waals surface area contributed by atoms with Gasteiger partial charge in [-0.05, 0) is 43.9 Å². The zero-order chi connectivity index (χ0) is 22.1. The molecule has 154 valence electrons. The van der Waals surface area contributed by atoms with Gasteiger partial charge in [-0.2, -0.15) is 10.3 Å². The summed E-state index contributed by atoms with van der Waals surface area (Å²) in [5.74, 6) is -1.13. The minimum atomic E-state index is -1.28. The third-order valence-electron chi connectivity index (χ3n) is 5.30. The normalized spacial score (nSPS) is 18.1. The van der Waals surface area contributed by atoms with Crippen molar-refractivity contribution in [1.29, 1.82) is 5.26 Å². The molecule has 3 N–H and O–H groups in total. The number of benzene rings is 1. The number of nitriles is 1. The summed E-state index contributed by atoms with van der Waals surface area (Å²) in [7, 11) is 0. The molecule has 1 atom stereocenters. The number of amides is 4. The first-order chi connectivity index (χ1) is 14.2. The number of hydrogen-bond donors (Lipinski definition) is 3. The van der Waals surface area contributed by atoms with Gasteiger partial charge in [0.25, 0.3) is 11.5 Å². The van der Waals surface area contributed by atoms with Crippen molar-refractivity contribution in [1.82, 2.24) is 20.7 Å². The van der Waals surface area contributed by atoms with E-state index in [0.29, 0.717) is 27.4 Å². The third-order valence-corrected chi connectivity index (χ3v) is 5.30. The van der Waals surface area contributed by atoms with Crippen LogP contribution in [0.4, 0.5) is 4.79 Å². The third kappa shape index (κ3) is 3.55. The predicted molar refractivity (Wildman–Crippen MR) is 107 cm³/mol. The molecule has 2 heterocycles. The number of carbonyl (C=O) groups is 3. The number of nitrogens with zero attached hydrogens (tertiary/aromatic N) is 2. The van der Waals surface area contributed by atoms with Crippen LogP contribution in [-0.4, -0.2) is 27.8 Å². The monoisotopic (exact) mass is 407 g/mol. The van der Waals surface area contributed by atoms with Gasteiger partial charge < -0.3 is 10.3 Å². The Bertz CT molecular complexity index is 1130. The van der Waals surface area contributed by atoms with Crippen molar-refractivity contribution in [2.24, 2.45) is 0 Å². The maximum Gasteiger partial charge on any atom is 0.344 e. The lowest BCUT2D eigenvalue weighted by molar-refractivity contribution is -0.139. The van der Waals surface area contributed by atoms with E-state index in [4.69, 9.17) is 5.26 Å². The second-order valence-electron chi connectivity index (χ2n) is 7.27. The van der Waals surface area contributed by atoms with Gasteiger partial charge in [0, 0.05) is 12.1 Å². The molecule has 1 aliphatic rings. The molecule has 4 amide bonds. The van der Waals surface area contributed by atoms with Gasteiger partial charge in [0.05, 0.1) is 0 Å². The van der Waals surface area contributed by atoms with Gasteiger partial charge in [0.2, 0.25) is 5.91 Å². The lowest BCUT2D eigenvalue weighted by Gasteiger charge is -2.22. The van der Waals surface area contributed by atoms with E-state index in [1.165, 1.54) is 0 Å². The SMILES string of the molecule is Cc1[nH]c(=O)c(C#N)c(C)c1CCC(=O)NN1C(=O)N[C@@](C)(c2ccccc2)C1=O. The molecule has 0 spiro atoms. The minimum Gasteiger partial charge on any atom is -0.325 e. The Labute approximate surface area is 172 Å². The molecule has 0 bridgehead atoms. The zero-order valence-electron chi connectivity index (χ0n) is 16.8. The molecule has 0 unspecified atom stereocenters. The highest BCUT2D eigenvalue weighted by atomic mass is 16.2. The summed E-state index contributed by atoms with van der Waals surface area (Å²) in [6.45, 7) is 4.91. The number of pyridine rings is 1. The Balaban J connectivity index is 1.72. The highest BCUT2D eigenvalue weighted by Crippen LogP contribution is 2.27. The van der Waals surface area contributed by atoms with E-state index >= 15 is 0 Å². The molecule has 3 rings (SSSR count). The summed E-state index contributed by atoms with van der Waals surface area (Å²) in [6.07, 6.45) is 0.187. The molecule has 0 radical (unpaired) electrons. The summed E-state index contributed by atoms with van der Waals surface area (Å²) >= 11 is 0. The molecule has 2 aromatic rings. The van der Waals surface area contributed by atoms with Crippen LogP contribution >= 0.6 is 0 Å². The maximum absolute atomic E-state index is 12.8. The summed E-state index contributed by atoms with van der Waals surface area (Å²) in [5, 5.41) is 12.4. The molecule has 9 nitrogen and oxygen atoms in total. The molecule has 0 aliphatic carbocycles. The van der Waals surface area contributed by atoms with Crippen molar-refractivity contribution in [2.45, 2.75) is 39.2 Å². The van der Waals surface area contributed by atoms with Gasteiger partial charge in [-0.1, -0.05) is 30.3 Å². The Morgan fingerprint density at radius 2 is 1.87 bits per heavy atom. The van der Waals surface area contributed by atoms with Crippen LogP contribution in [0.15, 0.2) is 35.1 Å². The number of rotatable bonds is 5. The Morgan fingerprint density at radius 3 is 2.50 bits per heavy atom. The summed E-state index contributed by atoms with van der Waals surface area (Å²) in [6, 6.07) is 9.89. The number of H-pyrrole nitrogens is 1. The highest BCUT2D eigenvalue weighted by molar-refractivity contribution is 6.08. The molecular formula is C21H21N5O4. The molecule has 30 heavy (non-hydrogen) atoms. The van der Waals surface area contributed by atoms with Crippen LogP contribution in [0.2, 0.25) is 0 Å². The van der Waals surface area contributed by atoms with Crippen LogP contribution in [-0.2, 0) is 21.5 Å². The van der Waals surface area contributed by atoms with E-state index < -0.39 is 28.9 Å². The first kappa shape index (κ1) is 20.8. The molecule has 1 fully saturated rings. The summed E-state index contributed by atoms with van der Waals surface area (Å²) < 4.78 is 0. The molecule has 9 heteroatoms. The van der Waals surface area contributed by atoms with Gasteiger partial charge in [-0.3, -0.25) is 19.8 Å². The predicted octanol–water partition coefficient (Wildman–Crippen LogP) is 1.29. The number of hydrogen-bond acceptors (Lipinski definition) is 5. The van der Waals surface area contributed by atoms with E-state index in [0.717, 1.165) is 0 Å². The summed E-state index contributed by atoms with van der Waals surface area (Å²) in [4.78, 5) is 52.0. The Kier molecular flexibility index (Phi) is 5.43. The fourth-order valence-corrected chi connectivity index (χ4v) is 3.55. The molecule has 1 saturated heterocycles. The Morgan fingerprint density at radius 1 is 1.20 bits per heavy atom. The molecule has 1 aromatic heterocycles. The first-order valence-electron chi connectivity index (χ1n) is 9.33. The topological polar surface area (TPSA) is 135 Å². The zero-order valence-corrected chi connectivity index (χ0v) is 16.8. The standard InChI is InChI=1S/C21H21N5O4/c1-12-15(13(2)23-18(28)16(12)11-22)9-10-17(27)25-26-19(29)21(3,24-20(26)30)14-7-5-4-6-8-14/h4-8H,9-10H2,1-3H3,(H,23,28)(H,24,30)(H,25,27)/t21-/m0/s1. The van der Waals surface area contributed by atoms with Crippen molar-refractivity contribution < 1.29 is 14.4 Å². The average Bonchev–Trinajstić information content (AvgIpc) is 2.92. The van der Waals surface area contributed by atoms with Crippen LogP contribution in [0.25, 0.3) is 0 Å². The van der Waals surface area contributed by atoms with Crippen molar-refractivity contribution >= 4 is 17.8 Å². The number of aromatic amines is 1. The van der Waals surface area contributed by atoms with Crippen LogP contribution in [0, 0.1) is 25.2 Å². The molecule has 1 aromatic carbocycles. The van der Waals surface area contributed by atoms with Crippen molar-refractivity contribution in [3.05, 3.63) is 68.6 Å². The second-order valence-corrected chi connectivity index (χ2v) is 7.27. The minimum absolute atomic E-state index is 0.00346. The van der Waals surface area contributed by atoms with Gasteiger partial charge in [0.1, 0.15) is 17.2 Å². The number of aromatic nitrogens is 1. The van der Waals surface area contributed by atoms with E-state index in [-0.39, 0.29) is 18.4 Å². The van der Waals surface area contributed by atoms with Gasteiger partial charge in [0.15, 0.2) is 0 Å². The first-order valence-corrected chi connectivity index (χ1v) is 9.33. The quantitative estimate of drug-likeness (QED) is 0.642. The number of imide groups is 1. The fourth-order valence-electron chi connectivity index (χ4n) is 3.55. The van der Waals surface area contributed by atoms with Gasteiger partial charge in [-0.25, -0.2) is 4.79 Å². The van der Waals surface area contributed by atoms with E-state index in [2.05, 4.69) is 15.7 Å². The lowest BCUT2D eigenvalue weighted by atomic mass is 9.92. The van der Waals surface area contributed by atoms with Crippen LogP contribution in [0.3, 0.4) is 0 Å². The summed E-state index contributed by atoms with van der Waals surface area (Å²) in [5.41, 5.74) is 2.95. The number of carbonyl (C=O) groups excluding carboxylic acids is 3. The molecule has 1 aliphatic heterocycles. The number of nitrogens with one attached hydrogen (secondary N) is 3. The lowest BCUT2D eigenvalue weighted by Crippen LogP contribution is -2.48. The second kappa shape index (κ2) is 7.83. The van der Waals surface area contributed by atoms with Crippen LogP contribution < -0.4 is 16.3 Å². The molecule has 0 saturated carbocycles. The average molecular weight is 407 g/mol. The maximum atomic E-state index is 12.8. The fraction of sp³-hybridized carbons (Fsp3) is 0.286. The largest absolute Gasteiger partial charge is 0.344 e. The van der Waals surface area contributed by atoms with Gasteiger partial charge >= 0.3 is 6.03 Å². The number of hydrazine groups is 1. The van der Waals surface area contributed by atoms with E-state index in [1.54, 1.807) is 51.1 Å². The van der Waals surface area contributed by atoms with Crippen LogP contribution in [0.1, 0.15) is 41.3 Å². The van der Waals surface area contributed by atoms with Crippen LogP contribution in [0.5, 0.6) is 0 Å². The smallest absolute Gasteiger partial charge is 0.325 e.